The van der Waals surface area contributed by atoms with Crippen molar-refractivity contribution >= 4 is 10.0 Å². The fraction of sp³-hybridized carbons (Fsp3) is 0.571. The molecule has 2 rings (SSSR count). The molecule has 1 heterocycles. The van der Waals surface area contributed by atoms with E-state index in [0.29, 0.717) is 25.6 Å². The van der Waals surface area contributed by atoms with E-state index in [1.807, 2.05) is 24.3 Å². The monoisotopic (exact) mass is 298 g/mol. The molecule has 112 valence electrons. The Morgan fingerprint density at radius 1 is 1.35 bits per heavy atom. The summed E-state index contributed by atoms with van der Waals surface area (Å²) in [5.41, 5.74) is 1.10. The largest absolute Gasteiger partial charge is 0.493 e. The predicted molar refractivity (Wildman–Crippen MR) is 79.3 cm³/mol. The number of ether oxygens (including phenoxy) is 1. The first-order chi connectivity index (χ1) is 9.53. The maximum absolute atomic E-state index is 11.6. The molecular weight excluding hydrogens is 276 g/mol. The molecule has 5 nitrogen and oxygen atoms in total. The van der Waals surface area contributed by atoms with E-state index < -0.39 is 10.0 Å². The van der Waals surface area contributed by atoms with E-state index in [9.17, 15) is 8.42 Å². The van der Waals surface area contributed by atoms with Crippen LogP contribution in [0.1, 0.15) is 25.5 Å². The van der Waals surface area contributed by atoms with E-state index >= 15 is 0 Å². The van der Waals surface area contributed by atoms with Gasteiger partial charge >= 0.3 is 0 Å². The van der Waals surface area contributed by atoms with Crippen LogP contribution < -0.4 is 14.8 Å². The average molecular weight is 298 g/mol. The molecule has 0 aliphatic carbocycles. The Morgan fingerprint density at radius 2 is 2.10 bits per heavy atom. The van der Waals surface area contributed by atoms with Crippen LogP contribution in [-0.2, 0) is 10.0 Å². The summed E-state index contributed by atoms with van der Waals surface area (Å²) in [6.07, 6.45) is 0. The molecule has 0 bridgehead atoms. The van der Waals surface area contributed by atoms with Gasteiger partial charge in [0.1, 0.15) is 5.75 Å². The van der Waals surface area contributed by atoms with Gasteiger partial charge in [-0.05, 0) is 6.07 Å². The molecule has 2 atom stereocenters. The van der Waals surface area contributed by atoms with Gasteiger partial charge in [0.15, 0.2) is 0 Å². The number of sulfonamides is 1. The summed E-state index contributed by atoms with van der Waals surface area (Å²) >= 11 is 0. The maximum atomic E-state index is 11.6. The molecule has 0 aromatic heterocycles. The zero-order valence-corrected chi connectivity index (χ0v) is 12.7. The van der Waals surface area contributed by atoms with Crippen LogP contribution in [0.3, 0.4) is 0 Å². The molecule has 0 radical (unpaired) electrons. The highest BCUT2D eigenvalue weighted by Gasteiger charge is 2.27. The van der Waals surface area contributed by atoms with Gasteiger partial charge in [-0.3, -0.25) is 0 Å². The van der Waals surface area contributed by atoms with Gasteiger partial charge < -0.3 is 10.1 Å². The molecular formula is C14H22N2O3S. The Morgan fingerprint density at radius 3 is 2.85 bits per heavy atom. The highest BCUT2D eigenvalue weighted by Crippen LogP contribution is 2.34. The number of benzene rings is 1. The van der Waals surface area contributed by atoms with Gasteiger partial charge in [0.2, 0.25) is 10.0 Å². The van der Waals surface area contributed by atoms with Gasteiger partial charge in [0.25, 0.3) is 0 Å². The number of nitrogens with one attached hydrogen (secondary N) is 2. The summed E-state index contributed by atoms with van der Waals surface area (Å²) in [5.74, 6) is 1.29. The topological polar surface area (TPSA) is 67.4 Å². The van der Waals surface area contributed by atoms with E-state index in [4.69, 9.17) is 4.74 Å². The number of hydrogen-bond donors (Lipinski definition) is 2. The van der Waals surface area contributed by atoms with Crippen molar-refractivity contribution in [2.75, 3.05) is 25.4 Å². The van der Waals surface area contributed by atoms with Crippen LogP contribution in [0.25, 0.3) is 0 Å². The average Bonchev–Trinajstić information content (AvgIpc) is 2.41. The molecule has 6 heteroatoms. The van der Waals surface area contributed by atoms with Crippen molar-refractivity contribution in [1.29, 1.82) is 0 Å². The number of hydrogen-bond acceptors (Lipinski definition) is 4. The minimum atomic E-state index is -3.17. The molecule has 1 aromatic carbocycles. The van der Waals surface area contributed by atoms with Gasteiger partial charge in [0.05, 0.1) is 12.4 Å². The molecule has 0 spiro atoms. The van der Waals surface area contributed by atoms with E-state index in [1.54, 1.807) is 6.92 Å². The van der Waals surface area contributed by atoms with Crippen molar-refractivity contribution in [2.24, 2.45) is 5.92 Å². The lowest BCUT2D eigenvalue weighted by Gasteiger charge is -2.32. The SMILES string of the molecule is CCNS(=O)(=O)CCNC1c2ccccc2OCC1C. The molecule has 0 saturated carbocycles. The van der Waals surface area contributed by atoms with E-state index in [-0.39, 0.29) is 11.8 Å². The van der Waals surface area contributed by atoms with Gasteiger partial charge in [-0.15, -0.1) is 0 Å². The van der Waals surface area contributed by atoms with Gasteiger partial charge in [-0.1, -0.05) is 32.0 Å². The van der Waals surface area contributed by atoms with Gasteiger partial charge in [-0.2, -0.15) is 0 Å². The van der Waals surface area contributed by atoms with E-state index in [1.165, 1.54) is 0 Å². The predicted octanol–water partition coefficient (Wildman–Crippen LogP) is 1.29. The number of rotatable bonds is 6. The van der Waals surface area contributed by atoms with Crippen molar-refractivity contribution in [2.45, 2.75) is 19.9 Å². The quantitative estimate of drug-likeness (QED) is 0.830. The lowest BCUT2D eigenvalue weighted by atomic mass is 9.92. The summed E-state index contributed by atoms with van der Waals surface area (Å²) in [4.78, 5) is 0. The standard InChI is InChI=1S/C14H22N2O3S/c1-3-16-20(17,18)9-8-15-14-11(2)10-19-13-7-5-4-6-12(13)14/h4-7,11,14-16H,3,8-10H2,1-2H3. The summed E-state index contributed by atoms with van der Waals surface area (Å²) in [6, 6.07) is 8.04. The second kappa shape index (κ2) is 6.56. The lowest BCUT2D eigenvalue weighted by molar-refractivity contribution is 0.190. The van der Waals surface area contributed by atoms with Crippen LogP contribution in [0.4, 0.5) is 0 Å². The molecule has 1 aliphatic heterocycles. The Balaban J connectivity index is 1.99. The third-order valence-electron chi connectivity index (χ3n) is 3.42. The third kappa shape index (κ3) is 3.71. The van der Waals surface area contributed by atoms with Crippen molar-refractivity contribution in [3.63, 3.8) is 0 Å². The molecule has 0 saturated heterocycles. The Labute approximate surface area is 120 Å². The molecule has 2 unspecified atom stereocenters. The molecule has 1 aliphatic rings. The first kappa shape index (κ1) is 15.3. The summed E-state index contributed by atoms with van der Waals surface area (Å²) in [6.45, 7) is 5.39. The first-order valence-corrected chi connectivity index (χ1v) is 8.61. The first-order valence-electron chi connectivity index (χ1n) is 6.96. The van der Waals surface area contributed by atoms with Crippen LogP contribution in [0.2, 0.25) is 0 Å². The Kier molecular flexibility index (Phi) is 5.01. The minimum absolute atomic E-state index is 0.0904. The highest BCUT2D eigenvalue weighted by atomic mass is 32.2. The minimum Gasteiger partial charge on any atom is -0.493 e. The fourth-order valence-electron chi connectivity index (χ4n) is 2.44. The molecule has 0 amide bonds. The van der Waals surface area contributed by atoms with Crippen LogP contribution in [0.15, 0.2) is 24.3 Å². The smallest absolute Gasteiger partial charge is 0.212 e. The maximum Gasteiger partial charge on any atom is 0.212 e. The molecule has 0 fully saturated rings. The number of fused-ring (bicyclic) bond motifs is 1. The molecule has 2 N–H and O–H groups in total. The van der Waals surface area contributed by atoms with E-state index in [0.717, 1.165) is 11.3 Å². The molecule has 20 heavy (non-hydrogen) atoms. The lowest BCUT2D eigenvalue weighted by Crippen LogP contribution is -2.38. The summed E-state index contributed by atoms with van der Waals surface area (Å²) < 4.78 is 31.4. The van der Waals surface area contributed by atoms with Gasteiger partial charge in [-0.25, -0.2) is 13.1 Å². The number of para-hydroxylation sites is 1. The highest BCUT2D eigenvalue weighted by molar-refractivity contribution is 7.89. The van der Waals surface area contributed by atoms with Gasteiger partial charge in [0, 0.05) is 30.6 Å². The fourth-order valence-corrected chi connectivity index (χ4v) is 3.42. The van der Waals surface area contributed by atoms with Crippen LogP contribution >= 0.6 is 0 Å². The zero-order valence-electron chi connectivity index (χ0n) is 11.9. The third-order valence-corrected chi connectivity index (χ3v) is 4.89. The van der Waals surface area contributed by atoms with Crippen molar-refractivity contribution in [3.05, 3.63) is 29.8 Å². The normalized spacial score (nSPS) is 22.1. The van der Waals surface area contributed by atoms with Crippen LogP contribution in [-0.4, -0.2) is 33.9 Å². The Bertz CT molecular complexity index is 545. The molecule has 1 aromatic rings. The summed E-state index contributed by atoms with van der Waals surface area (Å²) in [7, 11) is -3.17. The van der Waals surface area contributed by atoms with E-state index in [2.05, 4.69) is 17.0 Å². The zero-order chi connectivity index (χ0) is 14.6. The van der Waals surface area contributed by atoms with Crippen molar-refractivity contribution in [1.82, 2.24) is 10.0 Å². The Hall–Kier alpha value is -1.11. The second-order valence-electron chi connectivity index (χ2n) is 5.07. The van der Waals surface area contributed by atoms with Crippen LogP contribution in [0, 0.1) is 5.92 Å². The van der Waals surface area contributed by atoms with Crippen LogP contribution in [0.5, 0.6) is 5.75 Å². The van der Waals surface area contributed by atoms with Crippen molar-refractivity contribution < 1.29 is 13.2 Å². The second-order valence-corrected chi connectivity index (χ2v) is 7.00. The summed E-state index contributed by atoms with van der Waals surface area (Å²) in [5, 5.41) is 3.34. The van der Waals surface area contributed by atoms with Crippen molar-refractivity contribution in [3.8, 4) is 5.75 Å².